The summed E-state index contributed by atoms with van der Waals surface area (Å²) in [6, 6.07) is 6.30. The highest BCUT2D eigenvalue weighted by atomic mass is 16.5. The molecule has 1 atom stereocenters. The molecule has 0 saturated heterocycles. The lowest BCUT2D eigenvalue weighted by molar-refractivity contribution is 0.129. The van der Waals surface area contributed by atoms with Crippen LogP contribution in [0.5, 0.6) is 11.5 Å². The zero-order valence-electron chi connectivity index (χ0n) is 13.2. The molecule has 1 aromatic rings. The summed E-state index contributed by atoms with van der Waals surface area (Å²) in [5.74, 6) is 2.38. The fourth-order valence-corrected chi connectivity index (χ4v) is 3.59. The third-order valence-corrected chi connectivity index (χ3v) is 4.74. The maximum atomic E-state index is 6.33. The Morgan fingerprint density at radius 3 is 2.81 bits per heavy atom. The monoisotopic (exact) mass is 289 g/mol. The predicted molar refractivity (Wildman–Crippen MR) is 84.9 cm³/mol. The Kier molecular flexibility index (Phi) is 4.12. The summed E-state index contributed by atoms with van der Waals surface area (Å²) in [5, 5.41) is 0. The normalized spacial score (nSPS) is 22.4. The van der Waals surface area contributed by atoms with Gasteiger partial charge in [0.25, 0.3) is 0 Å². The highest BCUT2D eigenvalue weighted by Crippen LogP contribution is 2.41. The molecule has 1 unspecified atom stereocenters. The van der Waals surface area contributed by atoms with E-state index in [0.717, 1.165) is 17.9 Å². The van der Waals surface area contributed by atoms with Crippen LogP contribution in [0, 0.1) is 5.92 Å². The SMILES string of the molecule is CC1(C)Cc2cccc(OCC(N)C3CCCCC3)c2O1. The number of hydrogen-bond acceptors (Lipinski definition) is 3. The molecule has 116 valence electrons. The number of rotatable bonds is 4. The second-order valence-corrected chi connectivity index (χ2v) is 7.16. The van der Waals surface area contributed by atoms with E-state index >= 15 is 0 Å². The topological polar surface area (TPSA) is 44.5 Å². The van der Waals surface area contributed by atoms with Gasteiger partial charge in [-0.05, 0) is 38.7 Å². The van der Waals surface area contributed by atoms with Gasteiger partial charge >= 0.3 is 0 Å². The van der Waals surface area contributed by atoms with E-state index in [4.69, 9.17) is 15.2 Å². The van der Waals surface area contributed by atoms with Gasteiger partial charge in [0.05, 0.1) is 0 Å². The smallest absolute Gasteiger partial charge is 0.165 e. The molecule has 3 heteroatoms. The van der Waals surface area contributed by atoms with Crippen molar-refractivity contribution in [3.8, 4) is 11.5 Å². The van der Waals surface area contributed by atoms with Gasteiger partial charge in [-0.25, -0.2) is 0 Å². The van der Waals surface area contributed by atoms with Crippen LogP contribution in [0.2, 0.25) is 0 Å². The summed E-state index contributed by atoms with van der Waals surface area (Å²) < 4.78 is 12.0. The first-order valence-corrected chi connectivity index (χ1v) is 8.24. The van der Waals surface area contributed by atoms with Gasteiger partial charge in [0.2, 0.25) is 0 Å². The van der Waals surface area contributed by atoms with Gasteiger partial charge in [-0.15, -0.1) is 0 Å². The average Bonchev–Trinajstić information content (AvgIpc) is 2.80. The van der Waals surface area contributed by atoms with Gasteiger partial charge in [-0.1, -0.05) is 31.4 Å². The Morgan fingerprint density at radius 1 is 1.29 bits per heavy atom. The van der Waals surface area contributed by atoms with Gasteiger partial charge < -0.3 is 15.2 Å². The minimum Gasteiger partial charge on any atom is -0.488 e. The van der Waals surface area contributed by atoms with Crippen molar-refractivity contribution in [2.45, 2.75) is 64.0 Å². The molecular weight excluding hydrogens is 262 g/mol. The molecule has 0 radical (unpaired) electrons. The molecule has 3 nitrogen and oxygen atoms in total. The van der Waals surface area contributed by atoms with E-state index in [1.54, 1.807) is 0 Å². The highest BCUT2D eigenvalue weighted by Gasteiger charge is 2.32. The summed E-state index contributed by atoms with van der Waals surface area (Å²) in [4.78, 5) is 0. The Labute approximate surface area is 127 Å². The van der Waals surface area contributed by atoms with Crippen molar-refractivity contribution in [2.75, 3.05) is 6.61 Å². The number of para-hydroxylation sites is 1. The van der Waals surface area contributed by atoms with Crippen molar-refractivity contribution in [2.24, 2.45) is 11.7 Å². The van der Waals surface area contributed by atoms with Crippen LogP contribution in [0.25, 0.3) is 0 Å². The Balaban J connectivity index is 1.63. The molecule has 0 amide bonds. The predicted octanol–water partition coefficient (Wildman–Crippen LogP) is 3.69. The minimum atomic E-state index is -0.132. The summed E-state index contributed by atoms with van der Waals surface area (Å²) >= 11 is 0. The Bertz CT molecular complexity index is 492. The Morgan fingerprint density at radius 2 is 2.05 bits per heavy atom. The molecule has 3 rings (SSSR count). The summed E-state index contributed by atoms with van der Waals surface area (Å²) in [6.45, 7) is 4.82. The molecule has 1 aliphatic carbocycles. The summed E-state index contributed by atoms with van der Waals surface area (Å²) in [7, 11) is 0. The van der Waals surface area contributed by atoms with Crippen LogP contribution in [-0.4, -0.2) is 18.2 Å². The third-order valence-electron chi connectivity index (χ3n) is 4.74. The van der Waals surface area contributed by atoms with Crippen LogP contribution in [0.4, 0.5) is 0 Å². The van der Waals surface area contributed by atoms with E-state index in [0.29, 0.717) is 12.5 Å². The average molecular weight is 289 g/mol. The zero-order valence-corrected chi connectivity index (χ0v) is 13.2. The number of nitrogens with two attached hydrogens (primary N) is 1. The highest BCUT2D eigenvalue weighted by molar-refractivity contribution is 5.50. The van der Waals surface area contributed by atoms with E-state index in [1.807, 2.05) is 12.1 Å². The maximum Gasteiger partial charge on any atom is 0.165 e. The van der Waals surface area contributed by atoms with Crippen LogP contribution in [0.15, 0.2) is 18.2 Å². The van der Waals surface area contributed by atoms with Crippen LogP contribution in [0.1, 0.15) is 51.5 Å². The van der Waals surface area contributed by atoms with E-state index in [-0.39, 0.29) is 11.6 Å². The molecule has 2 N–H and O–H groups in total. The van der Waals surface area contributed by atoms with Gasteiger partial charge in [-0.3, -0.25) is 0 Å². The van der Waals surface area contributed by atoms with Gasteiger partial charge in [-0.2, -0.15) is 0 Å². The van der Waals surface area contributed by atoms with Crippen molar-refractivity contribution >= 4 is 0 Å². The maximum absolute atomic E-state index is 6.33. The number of fused-ring (bicyclic) bond motifs is 1. The first-order chi connectivity index (χ1) is 10.1. The molecule has 0 aromatic heterocycles. The van der Waals surface area contributed by atoms with E-state index in [9.17, 15) is 0 Å². The fourth-order valence-electron chi connectivity index (χ4n) is 3.59. The molecule has 1 fully saturated rings. The molecule has 1 heterocycles. The second kappa shape index (κ2) is 5.88. The van der Waals surface area contributed by atoms with E-state index in [1.165, 1.54) is 37.7 Å². The summed E-state index contributed by atoms with van der Waals surface area (Å²) in [6.07, 6.45) is 7.43. The van der Waals surface area contributed by atoms with Crippen molar-refractivity contribution in [3.05, 3.63) is 23.8 Å². The largest absolute Gasteiger partial charge is 0.488 e. The lowest BCUT2D eigenvalue weighted by atomic mass is 9.84. The molecule has 21 heavy (non-hydrogen) atoms. The van der Waals surface area contributed by atoms with Crippen LogP contribution >= 0.6 is 0 Å². The van der Waals surface area contributed by atoms with Crippen LogP contribution < -0.4 is 15.2 Å². The first-order valence-electron chi connectivity index (χ1n) is 8.24. The van der Waals surface area contributed by atoms with Crippen LogP contribution in [-0.2, 0) is 6.42 Å². The molecule has 0 bridgehead atoms. The molecule has 1 aromatic carbocycles. The van der Waals surface area contributed by atoms with E-state index < -0.39 is 0 Å². The first kappa shape index (κ1) is 14.7. The zero-order chi connectivity index (χ0) is 14.9. The summed E-state index contributed by atoms with van der Waals surface area (Å²) in [5.41, 5.74) is 7.44. The van der Waals surface area contributed by atoms with Crippen molar-refractivity contribution < 1.29 is 9.47 Å². The molecule has 1 aliphatic heterocycles. The van der Waals surface area contributed by atoms with Gasteiger partial charge in [0, 0.05) is 18.0 Å². The number of benzene rings is 1. The quantitative estimate of drug-likeness (QED) is 0.919. The molecule has 1 saturated carbocycles. The van der Waals surface area contributed by atoms with Crippen molar-refractivity contribution in [1.82, 2.24) is 0 Å². The standard InChI is InChI=1S/C18H27NO2/c1-18(2)11-14-9-6-10-16(17(14)21-18)20-12-15(19)13-7-4-3-5-8-13/h6,9-10,13,15H,3-5,7-8,11-12,19H2,1-2H3. The minimum absolute atomic E-state index is 0.132. The molecule has 2 aliphatic rings. The fraction of sp³-hybridized carbons (Fsp3) is 0.667. The van der Waals surface area contributed by atoms with Crippen molar-refractivity contribution in [3.63, 3.8) is 0 Å². The third kappa shape index (κ3) is 3.34. The van der Waals surface area contributed by atoms with Crippen molar-refractivity contribution in [1.29, 1.82) is 0 Å². The van der Waals surface area contributed by atoms with Gasteiger partial charge in [0.15, 0.2) is 11.5 Å². The lowest BCUT2D eigenvalue weighted by Crippen LogP contribution is -2.37. The molecular formula is C18H27NO2. The number of hydrogen-bond donors (Lipinski definition) is 1. The Hall–Kier alpha value is -1.22. The van der Waals surface area contributed by atoms with E-state index in [2.05, 4.69) is 19.9 Å². The lowest BCUT2D eigenvalue weighted by Gasteiger charge is -2.27. The number of ether oxygens (including phenoxy) is 2. The second-order valence-electron chi connectivity index (χ2n) is 7.16. The van der Waals surface area contributed by atoms with Crippen LogP contribution in [0.3, 0.4) is 0 Å². The molecule has 0 spiro atoms. The van der Waals surface area contributed by atoms with Gasteiger partial charge in [0.1, 0.15) is 12.2 Å².